The highest BCUT2D eigenvalue weighted by Crippen LogP contribution is 2.41. The largest absolute Gasteiger partial charge is 0.494 e. The Morgan fingerprint density at radius 1 is 0.793 bits per heavy atom. The summed E-state index contributed by atoms with van der Waals surface area (Å²) in [5.74, 6) is 3.89. The highest BCUT2D eigenvalue weighted by atomic mass is 16.5. The van der Waals surface area contributed by atoms with E-state index in [1.165, 1.54) is 75.3 Å². The predicted molar refractivity (Wildman–Crippen MR) is 124 cm³/mol. The predicted octanol–water partition coefficient (Wildman–Crippen LogP) is 7.85. The van der Waals surface area contributed by atoms with Crippen molar-refractivity contribution in [2.45, 2.75) is 78.1 Å². The van der Waals surface area contributed by atoms with E-state index in [-0.39, 0.29) is 0 Å². The molecule has 2 aromatic carbocycles. The Balaban J connectivity index is 1.37. The maximum atomic E-state index is 5.58. The van der Waals surface area contributed by atoms with E-state index in [9.17, 15) is 0 Å². The van der Waals surface area contributed by atoms with Crippen LogP contribution in [0.25, 0.3) is 11.1 Å². The van der Waals surface area contributed by atoms with Gasteiger partial charge in [0.15, 0.2) is 0 Å². The molecule has 2 aromatic rings. The van der Waals surface area contributed by atoms with E-state index in [0.717, 1.165) is 30.1 Å². The average Bonchev–Trinajstić information content (AvgIpc) is 2.78. The first-order valence-corrected chi connectivity index (χ1v) is 12.1. The molecule has 0 saturated heterocycles. The Morgan fingerprint density at radius 3 is 2.28 bits per heavy atom. The van der Waals surface area contributed by atoms with Gasteiger partial charge >= 0.3 is 0 Å². The molecule has 1 unspecified atom stereocenters. The molecule has 156 valence electrons. The monoisotopic (exact) mass is 390 g/mol. The molecule has 0 bridgehead atoms. The lowest BCUT2D eigenvalue weighted by Crippen LogP contribution is -2.26. The zero-order valence-electron chi connectivity index (χ0n) is 18.5. The average molecular weight is 391 g/mol. The van der Waals surface area contributed by atoms with Gasteiger partial charge in [0.1, 0.15) is 5.75 Å². The van der Waals surface area contributed by atoms with Crippen molar-refractivity contribution in [1.82, 2.24) is 0 Å². The van der Waals surface area contributed by atoms with Crippen LogP contribution < -0.4 is 4.74 Å². The van der Waals surface area contributed by atoms with Crippen molar-refractivity contribution in [1.29, 1.82) is 0 Å². The SMILES string of the molecule is CCCCC1CCC(C2CCc3cc(-c4ccc(OCC)cc4)ccc3C2)CC1. The second kappa shape index (κ2) is 9.83. The molecule has 0 spiro atoms. The Morgan fingerprint density at radius 2 is 1.55 bits per heavy atom. The summed E-state index contributed by atoms with van der Waals surface area (Å²) in [4.78, 5) is 0. The van der Waals surface area contributed by atoms with Crippen molar-refractivity contribution >= 4 is 0 Å². The summed E-state index contributed by atoms with van der Waals surface area (Å²) in [6, 6.07) is 15.8. The number of rotatable bonds is 7. The van der Waals surface area contributed by atoms with Gasteiger partial charge in [-0.1, -0.05) is 69.4 Å². The Bertz CT molecular complexity index is 767. The third-order valence-electron chi connectivity index (χ3n) is 7.50. The molecule has 1 atom stereocenters. The number of benzene rings is 2. The van der Waals surface area contributed by atoms with Gasteiger partial charge in [-0.2, -0.15) is 0 Å². The number of fused-ring (bicyclic) bond motifs is 1. The third kappa shape index (κ3) is 5.05. The summed E-state index contributed by atoms with van der Waals surface area (Å²) in [5.41, 5.74) is 5.85. The van der Waals surface area contributed by atoms with Gasteiger partial charge < -0.3 is 4.74 Å². The molecule has 0 aliphatic heterocycles. The fourth-order valence-corrected chi connectivity index (χ4v) is 5.72. The minimum Gasteiger partial charge on any atom is -0.494 e. The van der Waals surface area contributed by atoms with Gasteiger partial charge in [0, 0.05) is 0 Å². The van der Waals surface area contributed by atoms with E-state index >= 15 is 0 Å². The molecule has 0 radical (unpaired) electrons. The van der Waals surface area contributed by atoms with Crippen LogP contribution in [0.4, 0.5) is 0 Å². The Kier molecular flexibility index (Phi) is 6.95. The molecule has 2 aliphatic rings. The van der Waals surface area contributed by atoms with Crippen molar-refractivity contribution < 1.29 is 4.74 Å². The summed E-state index contributed by atoms with van der Waals surface area (Å²) in [5, 5.41) is 0. The van der Waals surface area contributed by atoms with Crippen molar-refractivity contribution in [2.75, 3.05) is 6.61 Å². The van der Waals surface area contributed by atoms with Crippen molar-refractivity contribution in [3.05, 3.63) is 53.6 Å². The third-order valence-corrected chi connectivity index (χ3v) is 7.50. The molecular formula is C28H38O. The molecule has 1 nitrogen and oxygen atoms in total. The smallest absolute Gasteiger partial charge is 0.119 e. The Labute approximate surface area is 177 Å². The highest BCUT2D eigenvalue weighted by Gasteiger charge is 2.30. The van der Waals surface area contributed by atoms with E-state index in [4.69, 9.17) is 4.74 Å². The van der Waals surface area contributed by atoms with Crippen molar-refractivity contribution in [3.63, 3.8) is 0 Å². The lowest BCUT2D eigenvalue weighted by molar-refractivity contribution is 0.183. The van der Waals surface area contributed by atoms with E-state index < -0.39 is 0 Å². The highest BCUT2D eigenvalue weighted by molar-refractivity contribution is 5.66. The van der Waals surface area contributed by atoms with Crippen LogP contribution in [-0.4, -0.2) is 6.61 Å². The summed E-state index contributed by atoms with van der Waals surface area (Å²) in [7, 11) is 0. The normalized spacial score (nSPS) is 24.1. The summed E-state index contributed by atoms with van der Waals surface area (Å²) in [6.07, 6.45) is 14.2. The van der Waals surface area contributed by atoms with Gasteiger partial charge in [-0.15, -0.1) is 0 Å². The van der Waals surface area contributed by atoms with Gasteiger partial charge in [-0.25, -0.2) is 0 Å². The van der Waals surface area contributed by atoms with Crippen LogP contribution in [0.15, 0.2) is 42.5 Å². The van der Waals surface area contributed by atoms with Gasteiger partial charge in [-0.3, -0.25) is 0 Å². The maximum absolute atomic E-state index is 5.58. The van der Waals surface area contributed by atoms with Gasteiger partial charge in [0.05, 0.1) is 6.61 Å². The van der Waals surface area contributed by atoms with Gasteiger partial charge in [0.2, 0.25) is 0 Å². The second-order valence-corrected chi connectivity index (χ2v) is 9.37. The van der Waals surface area contributed by atoms with Crippen LogP contribution in [0, 0.1) is 17.8 Å². The molecule has 2 aliphatic carbocycles. The van der Waals surface area contributed by atoms with Crippen LogP contribution >= 0.6 is 0 Å². The van der Waals surface area contributed by atoms with E-state index in [1.807, 2.05) is 6.92 Å². The number of aryl methyl sites for hydroxylation is 1. The molecule has 0 aromatic heterocycles. The maximum Gasteiger partial charge on any atom is 0.119 e. The Hall–Kier alpha value is -1.76. The van der Waals surface area contributed by atoms with E-state index in [0.29, 0.717) is 0 Å². The summed E-state index contributed by atoms with van der Waals surface area (Å²) >= 11 is 0. The number of unbranched alkanes of at least 4 members (excludes halogenated alkanes) is 1. The summed E-state index contributed by atoms with van der Waals surface area (Å²) < 4.78 is 5.58. The van der Waals surface area contributed by atoms with Crippen LogP contribution in [0.2, 0.25) is 0 Å². The zero-order chi connectivity index (χ0) is 20.1. The number of hydrogen-bond acceptors (Lipinski definition) is 1. The molecular weight excluding hydrogens is 352 g/mol. The van der Waals surface area contributed by atoms with Crippen LogP contribution in [0.5, 0.6) is 5.75 Å². The fraction of sp³-hybridized carbons (Fsp3) is 0.571. The molecule has 29 heavy (non-hydrogen) atoms. The molecule has 0 N–H and O–H groups in total. The lowest BCUT2D eigenvalue weighted by atomic mass is 9.69. The van der Waals surface area contributed by atoms with Gasteiger partial charge in [0.25, 0.3) is 0 Å². The minimum absolute atomic E-state index is 0.722. The van der Waals surface area contributed by atoms with Crippen molar-refractivity contribution in [2.24, 2.45) is 17.8 Å². The first kappa shape index (κ1) is 20.5. The quantitative estimate of drug-likeness (QED) is 0.467. The first-order chi connectivity index (χ1) is 14.3. The standard InChI is InChI=1S/C28H38O/c1-3-5-6-21-7-9-22(10-8-21)24-11-13-27-20-25(12-14-26(27)19-24)23-15-17-28(18-16-23)29-4-2/h12,14-18,20-22,24H,3-11,13,19H2,1-2H3. The van der Waals surface area contributed by atoms with Crippen LogP contribution in [-0.2, 0) is 12.8 Å². The number of ether oxygens (including phenoxy) is 1. The van der Waals surface area contributed by atoms with E-state index in [2.05, 4.69) is 49.4 Å². The minimum atomic E-state index is 0.722. The fourth-order valence-electron chi connectivity index (χ4n) is 5.72. The van der Waals surface area contributed by atoms with E-state index in [1.54, 1.807) is 11.1 Å². The first-order valence-electron chi connectivity index (χ1n) is 12.1. The molecule has 1 fully saturated rings. The lowest BCUT2D eigenvalue weighted by Gasteiger charge is -2.36. The molecule has 0 amide bonds. The molecule has 0 heterocycles. The van der Waals surface area contributed by atoms with Crippen LogP contribution in [0.3, 0.4) is 0 Å². The molecule has 4 rings (SSSR count). The zero-order valence-corrected chi connectivity index (χ0v) is 18.5. The molecule has 1 heteroatoms. The number of hydrogen-bond donors (Lipinski definition) is 0. The van der Waals surface area contributed by atoms with Crippen LogP contribution in [0.1, 0.15) is 76.3 Å². The van der Waals surface area contributed by atoms with Crippen molar-refractivity contribution in [3.8, 4) is 16.9 Å². The molecule has 1 saturated carbocycles. The summed E-state index contributed by atoms with van der Waals surface area (Å²) in [6.45, 7) is 5.08. The van der Waals surface area contributed by atoms with Gasteiger partial charge in [-0.05, 0) is 91.2 Å². The topological polar surface area (TPSA) is 9.23 Å². The second-order valence-electron chi connectivity index (χ2n) is 9.37.